The predicted octanol–water partition coefficient (Wildman–Crippen LogP) is 2.26. The van der Waals surface area contributed by atoms with Crippen LogP contribution in [0.5, 0.6) is 0 Å². The van der Waals surface area contributed by atoms with Gasteiger partial charge in [0, 0.05) is 12.2 Å². The number of ether oxygens (including phenoxy) is 1. The lowest BCUT2D eigenvalue weighted by Gasteiger charge is -2.09. The molecule has 0 aliphatic carbocycles. The molecule has 1 atom stereocenters. The fraction of sp³-hybridized carbons (Fsp3) is 0.267. The number of amides is 1. The Labute approximate surface area is 117 Å². The van der Waals surface area contributed by atoms with Gasteiger partial charge in [-0.15, -0.1) is 10.2 Å². The lowest BCUT2D eigenvalue weighted by Crippen LogP contribution is -2.27. The molecule has 1 fully saturated rings. The lowest BCUT2D eigenvalue weighted by molar-refractivity contribution is -0.124. The highest BCUT2D eigenvalue weighted by Gasteiger charge is 2.23. The van der Waals surface area contributed by atoms with Crippen LogP contribution in [0, 0.1) is 0 Å². The highest BCUT2D eigenvalue weighted by molar-refractivity contribution is 5.93. The number of benzene rings is 1. The van der Waals surface area contributed by atoms with Gasteiger partial charge >= 0.3 is 0 Å². The molecule has 1 saturated heterocycles. The van der Waals surface area contributed by atoms with Crippen LogP contribution in [-0.4, -0.2) is 28.8 Å². The summed E-state index contributed by atoms with van der Waals surface area (Å²) in [6, 6.07) is 13.4. The second-order valence-electron chi connectivity index (χ2n) is 4.66. The van der Waals surface area contributed by atoms with E-state index in [0.29, 0.717) is 12.4 Å². The number of nitrogens with zero attached hydrogens (tertiary/aromatic N) is 2. The van der Waals surface area contributed by atoms with Crippen LogP contribution < -0.4 is 5.32 Å². The summed E-state index contributed by atoms with van der Waals surface area (Å²) >= 11 is 0. The number of hydrogen-bond acceptors (Lipinski definition) is 4. The van der Waals surface area contributed by atoms with Gasteiger partial charge in [-0.25, -0.2) is 0 Å². The van der Waals surface area contributed by atoms with Gasteiger partial charge in [0.15, 0.2) is 5.82 Å². The molecule has 2 aromatic rings. The summed E-state index contributed by atoms with van der Waals surface area (Å²) < 4.78 is 5.32. The molecule has 1 N–H and O–H groups in total. The number of rotatable bonds is 3. The van der Waals surface area contributed by atoms with Crippen LogP contribution in [0.4, 0.5) is 5.82 Å². The topological polar surface area (TPSA) is 64.1 Å². The van der Waals surface area contributed by atoms with Crippen molar-refractivity contribution in [3.8, 4) is 11.3 Å². The molecule has 2 heterocycles. The number of nitrogens with one attached hydrogen (secondary N) is 1. The molecule has 1 amide bonds. The summed E-state index contributed by atoms with van der Waals surface area (Å²) in [5, 5.41) is 10.9. The van der Waals surface area contributed by atoms with E-state index in [2.05, 4.69) is 15.5 Å². The van der Waals surface area contributed by atoms with Gasteiger partial charge in [0.25, 0.3) is 5.91 Å². The molecule has 20 heavy (non-hydrogen) atoms. The number of carbonyl (C=O) groups excluding carboxylic acids is 1. The Bertz CT molecular complexity index is 578. The second-order valence-corrected chi connectivity index (χ2v) is 4.66. The number of carbonyl (C=O) groups is 1. The fourth-order valence-electron chi connectivity index (χ4n) is 2.15. The molecule has 1 aliphatic rings. The predicted molar refractivity (Wildman–Crippen MR) is 75.1 cm³/mol. The number of anilines is 1. The molecule has 0 bridgehead atoms. The average Bonchev–Trinajstić information content (AvgIpc) is 3.03. The van der Waals surface area contributed by atoms with Crippen molar-refractivity contribution < 1.29 is 9.53 Å². The SMILES string of the molecule is O=C(Nc1ccc(-c2ccccc2)nn1)[C@@H]1CCCO1. The Hall–Kier alpha value is -2.27. The summed E-state index contributed by atoms with van der Waals surface area (Å²) in [7, 11) is 0. The van der Waals surface area contributed by atoms with Crippen LogP contribution in [0.3, 0.4) is 0 Å². The molecule has 0 spiro atoms. The van der Waals surface area contributed by atoms with Gasteiger partial charge in [-0.1, -0.05) is 30.3 Å². The van der Waals surface area contributed by atoms with Crippen molar-refractivity contribution in [2.45, 2.75) is 18.9 Å². The third-order valence-electron chi connectivity index (χ3n) is 3.21. The van der Waals surface area contributed by atoms with Crippen LogP contribution in [0.15, 0.2) is 42.5 Å². The molecular weight excluding hydrogens is 254 g/mol. The van der Waals surface area contributed by atoms with Crippen LogP contribution in [0.2, 0.25) is 0 Å². The van der Waals surface area contributed by atoms with Crippen molar-refractivity contribution in [1.82, 2.24) is 10.2 Å². The van der Waals surface area contributed by atoms with Crippen molar-refractivity contribution in [1.29, 1.82) is 0 Å². The molecular formula is C15H15N3O2. The highest BCUT2D eigenvalue weighted by Crippen LogP contribution is 2.17. The Balaban J connectivity index is 1.68. The van der Waals surface area contributed by atoms with E-state index < -0.39 is 0 Å². The van der Waals surface area contributed by atoms with Gasteiger partial charge in [-0.2, -0.15) is 0 Å². The fourth-order valence-corrected chi connectivity index (χ4v) is 2.15. The first-order valence-electron chi connectivity index (χ1n) is 6.64. The van der Waals surface area contributed by atoms with Crippen molar-refractivity contribution in [3.63, 3.8) is 0 Å². The van der Waals surface area contributed by atoms with E-state index in [9.17, 15) is 4.79 Å². The molecule has 3 rings (SSSR count). The normalized spacial score (nSPS) is 17.9. The Morgan fingerprint density at radius 2 is 2.00 bits per heavy atom. The number of hydrogen-bond donors (Lipinski definition) is 1. The van der Waals surface area contributed by atoms with Crippen LogP contribution >= 0.6 is 0 Å². The second kappa shape index (κ2) is 5.79. The molecule has 102 valence electrons. The van der Waals surface area contributed by atoms with E-state index in [1.54, 1.807) is 6.07 Å². The van der Waals surface area contributed by atoms with Gasteiger partial charge in [0.1, 0.15) is 6.10 Å². The summed E-state index contributed by atoms with van der Waals surface area (Å²) in [5.74, 6) is 0.300. The van der Waals surface area contributed by atoms with Crippen LogP contribution in [0.1, 0.15) is 12.8 Å². The molecule has 5 heteroatoms. The van der Waals surface area contributed by atoms with Crippen LogP contribution in [0.25, 0.3) is 11.3 Å². The average molecular weight is 269 g/mol. The van der Waals surface area contributed by atoms with Crippen molar-refractivity contribution in [2.24, 2.45) is 0 Å². The molecule has 0 radical (unpaired) electrons. The number of aromatic nitrogens is 2. The van der Waals surface area contributed by atoms with E-state index in [0.717, 1.165) is 24.1 Å². The van der Waals surface area contributed by atoms with Crippen molar-refractivity contribution >= 4 is 11.7 Å². The zero-order chi connectivity index (χ0) is 13.8. The third-order valence-corrected chi connectivity index (χ3v) is 3.21. The molecule has 1 aliphatic heterocycles. The quantitative estimate of drug-likeness (QED) is 0.928. The minimum Gasteiger partial charge on any atom is -0.368 e. The Morgan fingerprint density at radius 1 is 1.15 bits per heavy atom. The van der Waals surface area contributed by atoms with E-state index in [4.69, 9.17) is 4.74 Å². The van der Waals surface area contributed by atoms with Gasteiger partial charge in [0.05, 0.1) is 5.69 Å². The van der Waals surface area contributed by atoms with Crippen LogP contribution in [-0.2, 0) is 9.53 Å². The monoisotopic (exact) mass is 269 g/mol. The van der Waals surface area contributed by atoms with Crippen molar-refractivity contribution in [3.05, 3.63) is 42.5 Å². The largest absolute Gasteiger partial charge is 0.368 e. The van der Waals surface area contributed by atoms with E-state index in [-0.39, 0.29) is 12.0 Å². The standard InChI is InChI=1S/C15H15N3O2/c19-15(13-7-4-10-20-13)16-14-9-8-12(17-18-14)11-5-2-1-3-6-11/h1-3,5-6,8-9,13H,4,7,10H2,(H,16,18,19)/t13-/m0/s1. The lowest BCUT2D eigenvalue weighted by atomic mass is 10.1. The van der Waals surface area contributed by atoms with Gasteiger partial charge in [0.2, 0.25) is 0 Å². The van der Waals surface area contributed by atoms with Crippen molar-refractivity contribution in [2.75, 3.05) is 11.9 Å². The Morgan fingerprint density at radius 3 is 2.65 bits per heavy atom. The van der Waals surface area contributed by atoms with Gasteiger partial charge in [-0.05, 0) is 25.0 Å². The summed E-state index contributed by atoms with van der Waals surface area (Å²) in [4.78, 5) is 11.9. The summed E-state index contributed by atoms with van der Waals surface area (Å²) in [6.07, 6.45) is 1.34. The summed E-state index contributed by atoms with van der Waals surface area (Å²) in [6.45, 7) is 0.650. The summed E-state index contributed by atoms with van der Waals surface area (Å²) in [5.41, 5.74) is 1.78. The molecule has 0 saturated carbocycles. The zero-order valence-electron chi connectivity index (χ0n) is 11.0. The maximum atomic E-state index is 11.9. The maximum absolute atomic E-state index is 11.9. The molecule has 0 unspecified atom stereocenters. The van der Waals surface area contributed by atoms with Gasteiger partial charge in [-0.3, -0.25) is 4.79 Å². The van der Waals surface area contributed by atoms with E-state index in [1.807, 2.05) is 36.4 Å². The smallest absolute Gasteiger partial charge is 0.254 e. The first kappa shape index (κ1) is 12.7. The first-order chi connectivity index (χ1) is 9.83. The van der Waals surface area contributed by atoms with E-state index in [1.165, 1.54) is 0 Å². The minimum absolute atomic E-state index is 0.149. The molecule has 1 aromatic carbocycles. The maximum Gasteiger partial charge on any atom is 0.254 e. The Kier molecular flexibility index (Phi) is 3.69. The molecule has 1 aromatic heterocycles. The zero-order valence-corrected chi connectivity index (χ0v) is 11.0. The highest BCUT2D eigenvalue weighted by atomic mass is 16.5. The third kappa shape index (κ3) is 2.83. The first-order valence-corrected chi connectivity index (χ1v) is 6.64. The molecule has 5 nitrogen and oxygen atoms in total. The van der Waals surface area contributed by atoms with Gasteiger partial charge < -0.3 is 10.1 Å². The minimum atomic E-state index is -0.356. The van der Waals surface area contributed by atoms with E-state index >= 15 is 0 Å².